The maximum Gasteiger partial charge on any atom is 0.226 e. The SMILES string of the molecule is CCc1noc(CCCC(=O)NC(C)CCc2ccc(OC)cc2)n1. The van der Waals surface area contributed by atoms with E-state index in [1.807, 2.05) is 26.0 Å². The van der Waals surface area contributed by atoms with Gasteiger partial charge in [0.2, 0.25) is 11.8 Å². The Morgan fingerprint density at radius 2 is 2.04 bits per heavy atom. The van der Waals surface area contributed by atoms with Crippen LogP contribution in [0.15, 0.2) is 28.8 Å². The largest absolute Gasteiger partial charge is 0.497 e. The van der Waals surface area contributed by atoms with Crippen LogP contribution in [0.3, 0.4) is 0 Å². The number of carbonyl (C=O) groups is 1. The van der Waals surface area contributed by atoms with Crippen LogP contribution in [-0.4, -0.2) is 29.2 Å². The Balaban J connectivity index is 1.63. The molecule has 1 aromatic heterocycles. The van der Waals surface area contributed by atoms with Crippen molar-refractivity contribution >= 4 is 5.91 Å². The maximum atomic E-state index is 12.0. The Bertz CT molecular complexity index is 652. The Labute approximate surface area is 149 Å². The van der Waals surface area contributed by atoms with Crippen molar-refractivity contribution in [3.8, 4) is 5.75 Å². The molecule has 0 radical (unpaired) electrons. The van der Waals surface area contributed by atoms with E-state index in [9.17, 15) is 4.79 Å². The fraction of sp³-hybridized carbons (Fsp3) is 0.526. The van der Waals surface area contributed by atoms with Gasteiger partial charge in [0.15, 0.2) is 5.82 Å². The van der Waals surface area contributed by atoms with Crippen LogP contribution in [0.4, 0.5) is 0 Å². The number of ether oxygens (including phenoxy) is 1. The Hall–Kier alpha value is -2.37. The van der Waals surface area contributed by atoms with Gasteiger partial charge >= 0.3 is 0 Å². The molecule has 2 aromatic rings. The summed E-state index contributed by atoms with van der Waals surface area (Å²) in [5, 5.41) is 6.90. The van der Waals surface area contributed by atoms with E-state index in [1.165, 1.54) is 5.56 Å². The standard InChI is InChI=1S/C19H27N3O3/c1-4-17-21-19(25-22-17)7-5-6-18(23)20-14(2)8-9-15-10-12-16(24-3)13-11-15/h10-14H,4-9H2,1-3H3,(H,20,23). The molecule has 1 heterocycles. The molecular weight excluding hydrogens is 318 g/mol. The van der Waals surface area contributed by atoms with Gasteiger partial charge < -0.3 is 14.6 Å². The molecule has 2 rings (SSSR count). The molecule has 1 unspecified atom stereocenters. The predicted octanol–water partition coefficient (Wildman–Crippen LogP) is 3.10. The monoisotopic (exact) mass is 345 g/mol. The number of amides is 1. The zero-order chi connectivity index (χ0) is 18.1. The quantitative estimate of drug-likeness (QED) is 0.716. The molecule has 1 N–H and O–H groups in total. The summed E-state index contributed by atoms with van der Waals surface area (Å²) >= 11 is 0. The van der Waals surface area contributed by atoms with Crippen LogP contribution in [0.2, 0.25) is 0 Å². The van der Waals surface area contributed by atoms with E-state index in [-0.39, 0.29) is 11.9 Å². The number of methoxy groups -OCH3 is 1. The van der Waals surface area contributed by atoms with Crippen molar-refractivity contribution in [2.75, 3.05) is 7.11 Å². The molecule has 0 aliphatic carbocycles. The smallest absolute Gasteiger partial charge is 0.226 e. The first-order valence-electron chi connectivity index (χ1n) is 8.84. The molecule has 0 aliphatic heterocycles. The summed E-state index contributed by atoms with van der Waals surface area (Å²) in [5.74, 6) is 2.25. The van der Waals surface area contributed by atoms with E-state index in [1.54, 1.807) is 7.11 Å². The van der Waals surface area contributed by atoms with E-state index in [0.29, 0.717) is 31.0 Å². The first-order valence-corrected chi connectivity index (χ1v) is 8.84. The first kappa shape index (κ1) is 19.0. The summed E-state index contributed by atoms with van der Waals surface area (Å²) in [5.41, 5.74) is 1.24. The van der Waals surface area contributed by atoms with Gasteiger partial charge in [-0.2, -0.15) is 4.98 Å². The zero-order valence-corrected chi connectivity index (χ0v) is 15.2. The second-order valence-corrected chi connectivity index (χ2v) is 6.17. The van der Waals surface area contributed by atoms with E-state index in [2.05, 4.69) is 27.6 Å². The van der Waals surface area contributed by atoms with Crippen LogP contribution in [0.1, 0.15) is 50.4 Å². The summed E-state index contributed by atoms with van der Waals surface area (Å²) in [6, 6.07) is 8.18. The molecule has 6 nitrogen and oxygen atoms in total. The lowest BCUT2D eigenvalue weighted by Crippen LogP contribution is -2.32. The summed E-state index contributed by atoms with van der Waals surface area (Å²) in [6.45, 7) is 4.02. The van der Waals surface area contributed by atoms with Crippen LogP contribution in [0, 0.1) is 0 Å². The van der Waals surface area contributed by atoms with Gasteiger partial charge in [0, 0.05) is 25.3 Å². The molecule has 0 bridgehead atoms. The van der Waals surface area contributed by atoms with Gasteiger partial charge in [-0.3, -0.25) is 4.79 Å². The highest BCUT2D eigenvalue weighted by atomic mass is 16.5. The van der Waals surface area contributed by atoms with Crippen molar-refractivity contribution in [2.24, 2.45) is 0 Å². The molecule has 136 valence electrons. The lowest BCUT2D eigenvalue weighted by molar-refractivity contribution is -0.121. The molecule has 0 aliphatic rings. The molecule has 1 atom stereocenters. The number of carbonyl (C=O) groups excluding carboxylic acids is 1. The number of rotatable bonds is 10. The van der Waals surface area contributed by atoms with Crippen LogP contribution in [-0.2, 0) is 24.1 Å². The molecule has 6 heteroatoms. The molecular formula is C19H27N3O3. The van der Waals surface area contributed by atoms with Crippen LogP contribution < -0.4 is 10.1 Å². The summed E-state index contributed by atoms with van der Waals surface area (Å²) < 4.78 is 10.3. The molecule has 0 saturated carbocycles. The number of nitrogens with one attached hydrogen (secondary N) is 1. The van der Waals surface area contributed by atoms with Crippen LogP contribution in [0.25, 0.3) is 0 Å². The topological polar surface area (TPSA) is 77.2 Å². The fourth-order valence-electron chi connectivity index (χ4n) is 2.53. The first-order chi connectivity index (χ1) is 12.1. The number of hydrogen-bond acceptors (Lipinski definition) is 5. The maximum absolute atomic E-state index is 12.0. The fourth-order valence-corrected chi connectivity index (χ4v) is 2.53. The highest BCUT2D eigenvalue weighted by Crippen LogP contribution is 2.13. The lowest BCUT2D eigenvalue weighted by Gasteiger charge is -2.14. The molecule has 0 fully saturated rings. The minimum Gasteiger partial charge on any atom is -0.497 e. The Kier molecular flexibility index (Phi) is 7.44. The Morgan fingerprint density at radius 3 is 2.68 bits per heavy atom. The highest BCUT2D eigenvalue weighted by molar-refractivity contribution is 5.76. The van der Waals surface area contributed by atoms with Gasteiger partial charge in [0.25, 0.3) is 0 Å². The van der Waals surface area contributed by atoms with Gasteiger partial charge in [-0.15, -0.1) is 0 Å². The summed E-state index contributed by atoms with van der Waals surface area (Å²) in [6.07, 6.45) is 4.41. The molecule has 0 spiro atoms. The number of hydrogen-bond donors (Lipinski definition) is 1. The van der Waals surface area contributed by atoms with E-state index < -0.39 is 0 Å². The van der Waals surface area contributed by atoms with Crippen LogP contribution in [0.5, 0.6) is 5.75 Å². The van der Waals surface area contributed by atoms with Gasteiger partial charge in [-0.1, -0.05) is 24.2 Å². The van der Waals surface area contributed by atoms with E-state index >= 15 is 0 Å². The second-order valence-electron chi connectivity index (χ2n) is 6.17. The van der Waals surface area contributed by atoms with Crippen molar-refractivity contribution in [1.29, 1.82) is 0 Å². The van der Waals surface area contributed by atoms with E-state index in [4.69, 9.17) is 9.26 Å². The zero-order valence-electron chi connectivity index (χ0n) is 15.2. The third kappa shape index (κ3) is 6.57. The second kappa shape index (κ2) is 9.81. The lowest BCUT2D eigenvalue weighted by atomic mass is 10.1. The van der Waals surface area contributed by atoms with Gasteiger partial charge in [0.1, 0.15) is 5.75 Å². The van der Waals surface area contributed by atoms with Crippen LogP contribution >= 0.6 is 0 Å². The minimum atomic E-state index is 0.0671. The highest BCUT2D eigenvalue weighted by Gasteiger charge is 2.10. The third-order valence-corrected chi connectivity index (χ3v) is 4.05. The predicted molar refractivity (Wildman–Crippen MR) is 95.5 cm³/mol. The number of aromatic nitrogens is 2. The molecule has 0 saturated heterocycles. The van der Waals surface area contributed by atoms with Crippen molar-refractivity contribution < 1.29 is 14.1 Å². The van der Waals surface area contributed by atoms with E-state index in [0.717, 1.165) is 25.0 Å². The van der Waals surface area contributed by atoms with Crippen molar-refractivity contribution in [2.45, 2.75) is 58.4 Å². The molecule has 1 aromatic carbocycles. The Morgan fingerprint density at radius 1 is 1.28 bits per heavy atom. The average Bonchev–Trinajstić information content (AvgIpc) is 3.08. The minimum absolute atomic E-state index is 0.0671. The van der Waals surface area contributed by atoms with Crippen molar-refractivity contribution in [3.05, 3.63) is 41.5 Å². The molecule has 1 amide bonds. The molecule has 25 heavy (non-hydrogen) atoms. The van der Waals surface area contributed by atoms with Gasteiger partial charge in [0.05, 0.1) is 7.11 Å². The summed E-state index contributed by atoms with van der Waals surface area (Å²) in [7, 11) is 1.66. The van der Waals surface area contributed by atoms with Crippen molar-refractivity contribution in [3.63, 3.8) is 0 Å². The third-order valence-electron chi connectivity index (χ3n) is 4.05. The average molecular weight is 345 g/mol. The van der Waals surface area contributed by atoms with Gasteiger partial charge in [-0.25, -0.2) is 0 Å². The normalized spacial score (nSPS) is 12.0. The number of benzene rings is 1. The van der Waals surface area contributed by atoms with Gasteiger partial charge in [-0.05, 0) is 43.9 Å². The number of nitrogens with zero attached hydrogens (tertiary/aromatic N) is 2. The van der Waals surface area contributed by atoms with Crippen molar-refractivity contribution in [1.82, 2.24) is 15.5 Å². The summed E-state index contributed by atoms with van der Waals surface area (Å²) in [4.78, 5) is 16.2. The number of aryl methyl sites for hydroxylation is 3.